The first-order valence-corrected chi connectivity index (χ1v) is 15.9. The maximum Gasteiger partial charge on any atom is 0.143 e. The summed E-state index contributed by atoms with van der Waals surface area (Å²) in [4.78, 5) is 2.34. The van der Waals surface area contributed by atoms with Crippen LogP contribution in [0.1, 0.15) is 0 Å². The van der Waals surface area contributed by atoms with E-state index in [1.165, 1.54) is 16.3 Å². The third-order valence-electron chi connectivity index (χ3n) is 9.41. The second kappa shape index (κ2) is 10.1. The smallest absolute Gasteiger partial charge is 0.143 e. The third-order valence-corrected chi connectivity index (χ3v) is 9.41. The number of furan rings is 2. The minimum atomic E-state index is 0.856. The van der Waals surface area contributed by atoms with E-state index in [2.05, 4.69) is 157 Å². The van der Waals surface area contributed by atoms with Gasteiger partial charge in [0, 0.05) is 39.0 Å². The van der Waals surface area contributed by atoms with Crippen LogP contribution in [0.25, 0.3) is 76.5 Å². The van der Waals surface area contributed by atoms with Gasteiger partial charge in [0.05, 0.1) is 11.1 Å². The largest absolute Gasteiger partial charge is 0.456 e. The summed E-state index contributed by atoms with van der Waals surface area (Å²) in [6.45, 7) is 0. The second-order valence-electron chi connectivity index (χ2n) is 12.1. The van der Waals surface area contributed by atoms with E-state index in [0.717, 1.165) is 77.3 Å². The summed E-state index contributed by atoms with van der Waals surface area (Å²) < 4.78 is 13.0. The van der Waals surface area contributed by atoms with Crippen molar-refractivity contribution in [1.29, 1.82) is 0 Å². The highest BCUT2D eigenvalue weighted by molar-refractivity contribution is 6.19. The van der Waals surface area contributed by atoms with Gasteiger partial charge in [0.15, 0.2) is 0 Å². The molecule has 3 nitrogen and oxygen atoms in total. The molecule has 0 unspecified atom stereocenters. The first-order valence-electron chi connectivity index (χ1n) is 15.9. The van der Waals surface area contributed by atoms with Gasteiger partial charge in [0.2, 0.25) is 0 Å². The molecule has 10 rings (SSSR count). The molecular weight excluding hydrogens is 574 g/mol. The van der Waals surface area contributed by atoms with E-state index < -0.39 is 0 Å². The number of anilines is 3. The molecule has 0 amide bonds. The van der Waals surface area contributed by atoms with Gasteiger partial charge in [-0.15, -0.1) is 0 Å². The first kappa shape index (κ1) is 26.0. The van der Waals surface area contributed by atoms with Gasteiger partial charge < -0.3 is 13.7 Å². The van der Waals surface area contributed by atoms with Crippen molar-refractivity contribution in [3.63, 3.8) is 0 Å². The molecule has 220 valence electrons. The summed E-state index contributed by atoms with van der Waals surface area (Å²) in [5, 5.41) is 9.13. The molecule has 2 aromatic heterocycles. The van der Waals surface area contributed by atoms with Gasteiger partial charge in [-0.05, 0) is 81.9 Å². The molecule has 0 saturated carbocycles. The Morgan fingerprint density at radius 1 is 0.362 bits per heavy atom. The van der Waals surface area contributed by atoms with Crippen LogP contribution in [0.2, 0.25) is 0 Å². The van der Waals surface area contributed by atoms with Crippen molar-refractivity contribution in [2.24, 2.45) is 0 Å². The molecule has 2 heterocycles. The quantitative estimate of drug-likeness (QED) is 0.201. The summed E-state index contributed by atoms with van der Waals surface area (Å²) in [6.07, 6.45) is 0. The molecule has 0 spiro atoms. The molecule has 0 aliphatic rings. The van der Waals surface area contributed by atoms with Crippen LogP contribution < -0.4 is 4.90 Å². The number of nitrogens with zero attached hydrogens (tertiary/aromatic N) is 1. The normalized spacial score (nSPS) is 11.8. The molecule has 0 aliphatic carbocycles. The molecule has 0 atom stereocenters. The average molecular weight is 602 g/mol. The Morgan fingerprint density at radius 3 is 1.98 bits per heavy atom. The van der Waals surface area contributed by atoms with E-state index in [0.29, 0.717) is 0 Å². The monoisotopic (exact) mass is 601 g/mol. The van der Waals surface area contributed by atoms with Crippen molar-refractivity contribution in [2.75, 3.05) is 4.90 Å². The Bertz CT molecular complexity index is 2820. The Balaban J connectivity index is 1.23. The average Bonchev–Trinajstić information content (AvgIpc) is 3.70. The molecule has 47 heavy (non-hydrogen) atoms. The topological polar surface area (TPSA) is 29.5 Å². The van der Waals surface area contributed by atoms with E-state index in [1.54, 1.807) is 0 Å². The SMILES string of the molecule is c1cc(-c2ccc3ccccc3c2)cc(N(c2ccc3c(c2)oc2ccccc23)c2cccc3oc4c5ccccc5ccc4c23)c1. The predicted octanol–water partition coefficient (Wildman–Crippen LogP) is 12.9. The molecule has 0 N–H and O–H groups in total. The standard InChI is InChI=1S/C44H27NO2/c1-2-11-30-25-32(20-19-28(30)9-1)31-12-7-13-33(26-31)45(34-22-24-37-36-15-5-6-17-40(36)46-42(37)27-34)39-16-8-18-41-43(39)38-23-21-29-10-3-4-14-35(29)44(38)47-41/h1-27H. The van der Waals surface area contributed by atoms with E-state index in [1.807, 2.05) is 12.1 Å². The minimum Gasteiger partial charge on any atom is -0.456 e. The third kappa shape index (κ3) is 4.07. The van der Waals surface area contributed by atoms with Crippen molar-refractivity contribution < 1.29 is 8.83 Å². The van der Waals surface area contributed by atoms with E-state index in [4.69, 9.17) is 8.83 Å². The van der Waals surface area contributed by atoms with Gasteiger partial charge in [0.25, 0.3) is 0 Å². The zero-order valence-electron chi connectivity index (χ0n) is 25.4. The van der Waals surface area contributed by atoms with Gasteiger partial charge in [-0.1, -0.05) is 103 Å². The lowest BCUT2D eigenvalue weighted by Crippen LogP contribution is -2.10. The Morgan fingerprint density at radius 2 is 1.04 bits per heavy atom. The molecule has 0 fully saturated rings. The van der Waals surface area contributed by atoms with Gasteiger partial charge in [-0.25, -0.2) is 0 Å². The molecule has 0 radical (unpaired) electrons. The van der Waals surface area contributed by atoms with Crippen LogP contribution in [0.5, 0.6) is 0 Å². The molecule has 0 saturated heterocycles. The minimum absolute atomic E-state index is 0.856. The zero-order valence-corrected chi connectivity index (χ0v) is 25.4. The van der Waals surface area contributed by atoms with Gasteiger partial charge in [-0.3, -0.25) is 0 Å². The number of rotatable bonds is 4. The van der Waals surface area contributed by atoms with Crippen molar-refractivity contribution >= 4 is 82.5 Å². The summed E-state index contributed by atoms with van der Waals surface area (Å²) in [7, 11) is 0. The number of para-hydroxylation sites is 1. The predicted molar refractivity (Wildman–Crippen MR) is 196 cm³/mol. The van der Waals surface area contributed by atoms with Gasteiger partial charge in [0.1, 0.15) is 22.3 Å². The molecule has 3 heteroatoms. The van der Waals surface area contributed by atoms with Crippen molar-refractivity contribution in [1.82, 2.24) is 0 Å². The zero-order chi connectivity index (χ0) is 30.9. The molecule has 0 aliphatic heterocycles. The second-order valence-corrected chi connectivity index (χ2v) is 12.1. The number of hydrogen-bond donors (Lipinski definition) is 0. The van der Waals surface area contributed by atoms with Crippen LogP contribution in [0, 0.1) is 0 Å². The Hall–Kier alpha value is -6.32. The Labute approximate surface area is 270 Å². The lowest BCUT2D eigenvalue weighted by molar-refractivity contribution is 0.669. The van der Waals surface area contributed by atoms with Crippen molar-refractivity contribution in [2.45, 2.75) is 0 Å². The van der Waals surface area contributed by atoms with Crippen LogP contribution in [0.3, 0.4) is 0 Å². The number of benzene rings is 8. The number of fused-ring (bicyclic) bond motifs is 9. The van der Waals surface area contributed by atoms with E-state index >= 15 is 0 Å². The summed E-state index contributed by atoms with van der Waals surface area (Å²) in [5.74, 6) is 0. The summed E-state index contributed by atoms with van der Waals surface area (Å²) >= 11 is 0. The van der Waals surface area contributed by atoms with Crippen LogP contribution >= 0.6 is 0 Å². The van der Waals surface area contributed by atoms with Crippen molar-refractivity contribution in [3.05, 3.63) is 164 Å². The number of hydrogen-bond acceptors (Lipinski definition) is 3. The molecule has 10 aromatic rings. The van der Waals surface area contributed by atoms with Crippen LogP contribution in [0.4, 0.5) is 17.1 Å². The van der Waals surface area contributed by atoms with Crippen LogP contribution in [-0.2, 0) is 0 Å². The van der Waals surface area contributed by atoms with E-state index in [-0.39, 0.29) is 0 Å². The van der Waals surface area contributed by atoms with E-state index in [9.17, 15) is 0 Å². The van der Waals surface area contributed by atoms with Crippen LogP contribution in [-0.4, -0.2) is 0 Å². The lowest BCUT2D eigenvalue weighted by Gasteiger charge is -2.26. The van der Waals surface area contributed by atoms with Crippen LogP contribution in [0.15, 0.2) is 173 Å². The molecule has 0 bridgehead atoms. The van der Waals surface area contributed by atoms with Gasteiger partial charge >= 0.3 is 0 Å². The Kier molecular flexibility index (Phi) is 5.57. The highest BCUT2D eigenvalue weighted by Crippen LogP contribution is 2.46. The highest BCUT2D eigenvalue weighted by atomic mass is 16.3. The maximum absolute atomic E-state index is 6.63. The fourth-order valence-electron chi connectivity index (χ4n) is 7.20. The lowest BCUT2D eigenvalue weighted by atomic mass is 10.00. The van der Waals surface area contributed by atoms with Gasteiger partial charge in [-0.2, -0.15) is 0 Å². The maximum atomic E-state index is 6.63. The summed E-state index contributed by atoms with van der Waals surface area (Å²) in [6, 6.07) is 57.9. The molecule has 8 aromatic carbocycles. The fourth-order valence-corrected chi connectivity index (χ4v) is 7.20. The fraction of sp³-hybridized carbons (Fsp3) is 0. The van der Waals surface area contributed by atoms with Crippen molar-refractivity contribution in [3.8, 4) is 11.1 Å². The first-order chi connectivity index (χ1) is 23.3. The summed E-state index contributed by atoms with van der Waals surface area (Å²) in [5.41, 5.74) is 8.94. The molecular formula is C44H27NO2. The highest BCUT2D eigenvalue weighted by Gasteiger charge is 2.21.